The molecule has 1 unspecified atom stereocenters. The zero-order chi connectivity index (χ0) is 18.3. The number of piperidine rings is 1. The van der Waals surface area contributed by atoms with Gasteiger partial charge in [-0.3, -0.25) is 4.99 Å². The molecule has 1 aliphatic heterocycles. The fourth-order valence-electron chi connectivity index (χ4n) is 4.18. The Hall–Kier alpha value is -0.0800. The molecule has 2 aliphatic rings. The van der Waals surface area contributed by atoms with E-state index in [1.807, 2.05) is 7.05 Å². The Morgan fingerprint density at radius 1 is 1.12 bits per heavy atom. The fraction of sp³-hybridized carbons (Fsp3) is 0.950. The number of hydrogen-bond acceptors (Lipinski definition) is 3. The molecule has 0 aromatic carbocycles. The molecule has 0 radical (unpaired) electrons. The summed E-state index contributed by atoms with van der Waals surface area (Å²) in [6.45, 7) is 9.85. The van der Waals surface area contributed by atoms with Gasteiger partial charge in [-0.2, -0.15) is 0 Å². The molecule has 2 fully saturated rings. The van der Waals surface area contributed by atoms with Gasteiger partial charge >= 0.3 is 0 Å². The second-order valence-corrected chi connectivity index (χ2v) is 8.79. The molecule has 6 heteroatoms. The monoisotopic (exact) mass is 480 g/mol. The Labute approximate surface area is 178 Å². The molecule has 1 saturated carbocycles. The van der Waals surface area contributed by atoms with Crippen LogP contribution in [-0.4, -0.2) is 62.8 Å². The molecule has 1 aliphatic carbocycles. The summed E-state index contributed by atoms with van der Waals surface area (Å²) in [7, 11) is 3.64. The van der Waals surface area contributed by atoms with Gasteiger partial charge in [0.05, 0.1) is 6.10 Å². The van der Waals surface area contributed by atoms with Crippen LogP contribution in [0.3, 0.4) is 0 Å². The van der Waals surface area contributed by atoms with Crippen LogP contribution in [-0.2, 0) is 4.74 Å². The molecule has 154 valence electrons. The van der Waals surface area contributed by atoms with E-state index in [4.69, 9.17) is 4.74 Å². The van der Waals surface area contributed by atoms with Crippen LogP contribution in [0, 0.1) is 5.41 Å². The molecule has 0 aromatic heterocycles. The summed E-state index contributed by atoms with van der Waals surface area (Å²) < 4.78 is 5.63. The van der Waals surface area contributed by atoms with Crippen molar-refractivity contribution in [1.82, 2.24) is 15.5 Å². The Morgan fingerprint density at radius 3 is 2.23 bits per heavy atom. The van der Waals surface area contributed by atoms with E-state index in [1.165, 1.54) is 58.0 Å². The number of nitrogens with one attached hydrogen (secondary N) is 2. The summed E-state index contributed by atoms with van der Waals surface area (Å²) >= 11 is 0. The number of guanidine groups is 1. The highest BCUT2D eigenvalue weighted by atomic mass is 127. The van der Waals surface area contributed by atoms with Gasteiger partial charge in [0.1, 0.15) is 0 Å². The Morgan fingerprint density at radius 2 is 1.73 bits per heavy atom. The first-order valence-corrected chi connectivity index (χ1v) is 10.2. The first-order chi connectivity index (χ1) is 11.9. The van der Waals surface area contributed by atoms with Gasteiger partial charge in [-0.15, -0.1) is 24.0 Å². The number of likely N-dealkylation sites (tertiary alicyclic amines) is 1. The van der Waals surface area contributed by atoms with E-state index in [-0.39, 0.29) is 35.5 Å². The van der Waals surface area contributed by atoms with Crippen molar-refractivity contribution in [2.75, 3.05) is 33.8 Å². The van der Waals surface area contributed by atoms with Gasteiger partial charge in [-0.25, -0.2) is 0 Å². The van der Waals surface area contributed by atoms with E-state index in [9.17, 15) is 0 Å². The molecule has 0 amide bonds. The van der Waals surface area contributed by atoms with E-state index in [1.54, 1.807) is 7.11 Å². The van der Waals surface area contributed by atoms with Gasteiger partial charge in [0.25, 0.3) is 0 Å². The molecule has 2 N–H and O–H groups in total. The van der Waals surface area contributed by atoms with Crippen LogP contribution < -0.4 is 10.6 Å². The number of aliphatic imine (C=N–C) groups is 1. The lowest BCUT2D eigenvalue weighted by atomic mass is 9.89. The summed E-state index contributed by atoms with van der Waals surface area (Å²) in [6, 6.07) is 1.38. The minimum Gasteiger partial charge on any atom is -0.379 e. The molecule has 5 nitrogen and oxygen atoms in total. The number of hydrogen-bond donors (Lipinski definition) is 2. The van der Waals surface area contributed by atoms with Crippen LogP contribution in [0.4, 0.5) is 0 Å². The van der Waals surface area contributed by atoms with Gasteiger partial charge < -0.3 is 20.3 Å². The number of methoxy groups -OCH3 is 1. The van der Waals surface area contributed by atoms with Crippen LogP contribution in [0.5, 0.6) is 0 Å². The van der Waals surface area contributed by atoms with Crippen molar-refractivity contribution >= 4 is 29.9 Å². The first-order valence-electron chi connectivity index (χ1n) is 10.2. The largest absolute Gasteiger partial charge is 0.379 e. The normalized spacial score (nSPS) is 22.6. The Kier molecular flexibility index (Phi) is 10.8. The smallest absolute Gasteiger partial charge is 0.191 e. The number of halogens is 1. The molecule has 0 aromatic rings. The van der Waals surface area contributed by atoms with Crippen LogP contribution in [0.2, 0.25) is 0 Å². The van der Waals surface area contributed by atoms with Crippen molar-refractivity contribution in [2.45, 2.75) is 83.9 Å². The van der Waals surface area contributed by atoms with Crippen molar-refractivity contribution in [3.05, 3.63) is 0 Å². The first kappa shape index (κ1) is 24.0. The Bertz CT molecular complexity index is 411. The molecular weight excluding hydrogens is 439 g/mol. The summed E-state index contributed by atoms with van der Waals surface area (Å²) in [5, 5.41) is 7.07. The maximum absolute atomic E-state index is 5.63. The third-order valence-electron chi connectivity index (χ3n) is 5.89. The van der Waals surface area contributed by atoms with Crippen molar-refractivity contribution in [1.29, 1.82) is 0 Å². The van der Waals surface area contributed by atoms with E-state index in [0.717, 1.165) is 18.5 Å². The predicted molar refractivity (Wildman–Crippen MR) is 122 cm³/mol. The highest BCUT2D eigenvalue weighted by Gasteiger charge is 2.27. The second kappa shape index (κ2) is 11.7. The molecule has 1 heterocycles. The maximum atomic E-state index is 5.63. The van der Waals surface area contributed by atoms with Crippen molar-refractivity contribution in [2.24, 2.45) is 10.4 Å². The zero-order valence-electron chi connectivity index (χ0n) is 17.5. The van der Waals surface area contributed by atoms with Crippen molar-refractivity contribution in [3.8, 4) is 0 Å². The maximum Gasteiger partial charge on any atom is 0.191 e. The van der Waals surface area contributed by atoms with Crippen molar-refractivity contribution in [3.63, 3.8) is 0 Å². The van der Waals surface area contributed by atoms with Crippen LogP contribution in [0.1, 0.15) is 65.7 Å². The Balaban J connectivity index is 0.00000338. The van der Waals surface area contributed by atoms with Crippen LogP contribution in [0.25, 0.3) is 0 Å². The summed E-state index contributed by atoms with van der Waals surface area (Å²) in [6.07, 6.45) is 9.70. The lowest BCUT2D eigenvalue weighted by Crippen LogP contribution is -2.52. The minimum absolute atomic E-state index is 0. The van der Waals surface area contributed by atoms with Crippen LogP contribution >= 0.6 is 24.0 Å². The summed E-state index contributed by atoms with van der Waals surface area (Å²) in [5.41, 5.74) is 0.117. The molecule has 2 rings (SSSR count). The SMILES string of the molecule is CN=C(NCC(OC)C(C)(C)C)NC1CCN(C2CCCCC2)CC1.I. The zero-order valence-corrected chi connectivity index (χ0v) is 19.8. The number of nitrogens with zero attached hydrogens (tertiary/aromatic N) is 2. The van der Waals surface area contributed by atoms with Crippen molar-refractivity contribution < 1.29 is 4.74 Å². The second-order valence-electron chi connectivity index (χ2n) is 8.79. The predicted octanol–water partition coefficient (Wildman–Crippen LogP) is 3.63. The van der Waals surface area contributed by atoms with E-state index in [2.05, 4.69) is 41.3 Å². The fourth-order valence-corrected chi connectivity index (χ4v) is 4.18. The standard InChI is InChI=1S/C20H40N4O.HI/c1-20(2,3)18(25-5)15-22-19(21-4)23-16-11-13-24(14-12-16)17-9-7-6-8-10-17;/h16-18H,6-15H2,1-5H3,(H2,21,22,23);1H. The molecular formula is C20H41IN4O. The topological polar surface area (TPSA) is 48.9 Å². The van der Waals surface area contributed by atoms with Gasteiger partial charge in [0.15, 0.2) is 5.96 Å². The van der Waals surface area contributed by atoms with E-state index < -0.39 is 0 Å². The average molecular weight is 480 g/mol. The van der Waals surface area contributed by atoms with Gasteiger partial charge in [0.2, 0.25) is 0 Å². The summed E-state index contributed by atoms with van der Waals surface area (Å²) in [5.74, 6) is 0.905. The minimum atomic E-state index is 0. The number of ether oxygens (including phenoxy) is 1. The third-order valence-corrected chi connectivity index (χ3v) is 5.89. The van der Waals surface area contributed by atoms with E-state index >= 15 is 0 Å². The summed E-state index contributed by atoms with van der Waals surface area (Å²) in [4.78, 5) is 7.13. The molecule has 0 spiro atoms. The quantitative estimate of drug-likeness (QED) is 0.359. The number of rotatable bonds is 5. The van der Waals surface area contributed by atoms with E-state index in [0.29, 0.717) is 6.04 Å². The highest BCUT2D eigenvalue weighted by Crippen LogP contribution is 2.25. The molecule has 1 saturated heterocycles. The average Bonchev–Trinajstić information content (AvgIpc) is 2.61. The molecule has 26 heavy (non-hydrogen) atoms. The molecule has 0 bridgehead atoms. The van der Waals surface area contributed by atoms with Gasteiger partial charge in [-0.05, 0) is 31.1 Å². The lowest BCUT2D eigenvalue weighted by molar-refractivity contribution is 0.0204. The third kappa shape index (κ3) is 7.50. The van der Waals surface area contributed by atoms with Gasteiger partial charge in [-0.1, -0.05) is 40.0 Å². The van der Waals surface area contributed by atoms with Crippen LogP contribution in [0.15, 0.2) is 4.99 Å². The molecule has 1 atom stereocenters. The lowest BCUT2D eigenvalue weighted by Gasteiger charge is -2.39. The highest BCUT2D eigenvalue weighted by molar-refractivity contribution is 14.0. The van der Waals surface area contributed by atoms with Gasteiger partial charge in [0, 0.05) is 45.9 Å².